The third kappa shape index (κ3) is 2.02. The molecule has 0 amide bonds. The Balaban J connectivity index is 3.40. The van der Waals surface area contributed by atoms with Gasteiger partial charge in [-0.3, -0.25) is 0 Å². The Hall–Kier alpha value is -1.14. The number of nitrogens with two attached hydrogens (primary N) is 1. The lowest BCUT2D eigenvalue weighted by molar-refractivity contribution is -0.261. The predicted molar refractivity (Wildman–Crippen MR) is 60.2 cm³/mol. The Morgan fingerprint density at radius 2 is 1.75 bits per heavy atom. The minimum atomic E-state index is -2.69. The van der Waals surface area contributed by atoms with Crippen LogP contribution >= 0.6 is 0 Å². The van der Waals surface area contributed by atoms with Crippen LogP contribution in [0.2, 0.25) is 0 Å². The molecule has 0 unspecified atom stereocenters. The maximum absolute atomic E-state index is 11.0. The molecule has 1 rings (SSSR count). The van der Waals surface area contributed by atoms with E-state index in [4.69, 9.17) is 15.9 Å². The van der Waals surface area contributed by atoms with Crippen molar-refractivity contribution in [3.8, 4) is 0 Å². The van der Waals surface area contributed by atoms with Crippen molar-refractivity contribution in [2.24, 2.45) is 11.7 Å². The fourth-order valence-corrected chi connectivity index (χ4v) is 2.44. The van der Waals surface area contributed by atoms with E-state index in [1.165, 1.54) is 0 Å². The van der Waals surface area contributed by atoms with Crippen LogP contribution in [0.1, 0.15) is 0 Å². The second-order valence-electron chi connectivity index (χ2n) is 4.89. The van der Waals surface area contributed by atoms with Crippen molar-refractivity contribution in [3.63, 3.8) is 0 Å². The summed E-state index contributed by atoms with van der Waals surface area (Å²) in [5, 5.41) is 66.7. The first-order valence-corrected chi connectivity index (χ1v) is 5.61. The second kappa shape index (κ2) is 5.33. The molecule has 0 spiro atoms. The summed E-state index contributed by atoms with van der Waals surface area (Å²) in [6.45, 7) is -1.23. The van der Waals surface area contributed by atoms with E-state index in [1.54, 1.807) is 0 Å². The fourth-order valence-electron chi connectivity index (χ4n) is 2.44. The normalized spacial score (nSPS) is 46.8. The molecule has 116 valence electrons. The molecule has 1 aliphatic carbocycles. The summed E-state index contributed by atoms with van der Waals surface area (Å²) < 4.78 is 0. The average Bonchev–Trinajstić information content (AvgIpc) is 2.42. The molecule has 0 aromatic carbocycles. The minimum Gasteiger partial charge on any atom is -0.479 e. The molecule has 0 saturated heterocycles. The van der Waals surface area contributed by atoms with Crippen LogP contribution < -0.4 is 5.73 Å². The van der Waals surface area contributed by atoms with E-state index in [2.05, 4.69) is 0 Å². The average molecular weight is 295 g/mol. The van der Waals surface area contributed by atoms with Crippen LogP contribution in [0.5, 0.6) is 0 Å². The number of hydrogen-bond donors (Lipinski definition) is 8. The highest BCUT2D eigenvalue weighted by Gasteiger charge is 2.66. The molecule has 20 heavy (non-hydrogen) atoms. The van der Waals surface area contributed by atoms with E-state index in [0.717, 1.165) is 0 Å². The number of aldehydes is 1. The number of aliphatic hydroxyl groups excluding tert-OH is 5. The first-order valence-electron chi connectivity index (χ1n) is 5.61. The first-order chi connectivity index (χ1) is 9.08. The number of hydrogen-bond acceptors (Lipinski definition) is 9. The van der Waals surface area contributed by atoms with Crippen molar-refractivity contribution in [1.82, 2.24) is 0 Å². The Kier molecular flexibility index (Phi) is 4.51. The monoisotopic (exact) mass is 295 g/mol. The molecule has 0 bridgehead atoms. The number of carboxylic acids is 1. The van der Waals surface area contributed by atoms with Gasteiger partial charge in [0.05, 0.1) is 24.2 Å². The summed E-state index contributed by atoms with van der Waals surface area (Å²) in [5.41, 5.74) is 0.200. The largest absolute Gasteiger partial charge is 0.479 e. The minimum absolute atomic E-state index is 0.0629. The van der Waals surface area contributed by atoms with Crippen molar-refractivity contribution in [2.75, 3.05) is 6.61 Å². The Labute approximate surface area is 112 Å². The number of rotatable bonds is 4. The summed E-state index contributed by atoms with van der Waals surface area (Å²) >= 11 is 0. The van der Waals surface area contributed by atoms with Crippen LogP contribution in [0, 0.1) is 5.92 Å². The van der Waals surface area contributed by atoms with E-state index in [0.29, 0.717) is 0 Å². The van der Waals surface area contributed by atoms with E-state index in [9.17, 15) is 35.1 Å². The van der Waals surface area contributed by atoms with Crippen molar-refractivity contribution in [1.29, 1.82) is 0 Å². The summed E-state index contributed by atoms with van der Waals surface area (Å²) in [6, 6.07) is 0. The van der Waals surface area contributed by atoms with Crippen molar-refractivity contribution < 1.29 is 45.3 Å². The lowest BCUT2D eigenvalue weighted by Crippen LogP contribution is -2.81. The summed E-state index contributed by atoms with van der Waals surface area (Å²) in [6.07, 6.45) is -9.32. The van der Waals surface area contributed by atoms with Crippen molar-refractivity contribution in [3.05, 3.63) is 0 Å². The first kappa shape index (κ1) is 16.9. The van der Waals surface area contributed by atoms with Gasteiger partial charge in [-0.15, -0.1) is 0 Å². The standard InChI is InChI=1S/C10H17NO9/c11-10(7(17)8(18)19)3(1-12)4(14)9(20,2-13)5(15)6(10)16/h1,3-7,13-17,20H,2,11H2,(H,18,19)/t3-,4+,5-,6+,7+,9-,10+/m0/s1. The lowest BCUT2D eigenvalue weighted by atomic mass is 9.60. The lowest BCUT2D eigenvalue weighted by Gasteiger charge is -2.54. The maximum Gasteiger partial charge on any atom is 0.334 e. The predicted octanol–water partition coefficient (Wildman–Crippen LogP) is -5.24. The molecule has 0 aromatic rings. The van der Waals surface area contributed by atoms with Crippen LogP contribution in [-0.2, 0) is 9.59 Å². The van der Waals surface area contributed by atoms with Gasteiger partial charge in [0.1, 0.15) is 24.1 Å². The second-order valence-corrected chi connectivity index (χ2v) is 4.89. The van der Waals surface area contributed by atoms with Gasteiger partial charge in [-0.2, -0.15) is 0 Å². The van der Waals surface area contributed by atoms with Gasteiger partial charge >= 0.3 is 5.97 Å². The van der Waals surface area contributed by atoms with Gasteiger partial charge < -0.3 is 46.3 Å². The van der Waals surface area contributed by atoms with E-state index < -0.39 is 54.0 Å². The SMILES string of the molecule is N[C@@]1([C@H](O)C(=O)O)[C@H](O)[C@H](O)[C@](O)(CO)[C@H](O)[C@@H]1C=O. The van der Waals surface area contributed by atoms with Crippen LogP contribution in [0.4, 0.5) is 0 Å². The van der Waals surface area contributed by atoms with E-state index in [-0.39, 0.29) is 6.29 Å². The van der Waals surface area contributed by atoms with Gasteiger partial charge in [0.15, 0.2) is 6.10 Å². The zero-order chi connectivity index (χ0) is 15.9. The smallest absolute Gasteiger partial charge is 0.334 e. The zero-order valence-electron chi connectivity index (χ0n) is 10.2. The quantitative estimate of drug-likeness (QED) is 0.231. The van der Waals surface area contributed by atoms with Crippen LogP contribution in [0.15, 0.2) is 0 Å². The van der Waals surface area contributed by atoms with E-state index >= 15 is 0 Å². The highest BCUT2D eigenvalue weighted by molar-refractivity contribution is 5.76. The molecule has 1 aliphatic rings. The third-order valence-electron chi connectivity index (χ3n) is 3.86. The molecular formula is C10H17NO9. The summed E-state index contributed by atoms with van der Waals surface area (Å²) in [7, 11) is 0. The number of carboxylic acid groups (broad SMARTS) is 1. The zero-order valence-corrected chi connectivity index (χ0v) is 10.2. The summed E-state index contributed by atoms with van der Waals surface area (Å²) in [5.74, 6) is -3.84. The van der Waals surface area contributed by atoms with Gasteiger partial charge in [-0.25, -0.2) is 4.79 Å². The topological polar surface area (TPSA) is 202 Å². The molecule has 0 heterocycles. The number of aliphatic carboxylic acids is 1. The molecule has 10 heteroatoms. The molecule has 0 aliphatic heterocycles. The molecule has 1 fully saturated rings. The van der Waals surface area contributed by atoms with Crippen LogP contribution in [0.3, 0.4) is 0 Å². The third-order valence-corrected chi connectivity index (χ3v) is 3.86. The Morgan fingerprint density at radius 1 is 1.25 bits per heavy atom. The number of aliphatic hydroxyl groups is 6. The van der Waals surface area contributed by atoms with Gasteiger partial charge in [-0.1, -0.05) is 0 Å². The fraction of sp³-hybridized carbons (Fsp3) is 0.800. The van der Waals surface area contributed by atoms with Gasteiger partial charge in [0.25, 0.3) is 0 Å². The Morgan fingerprint density at radius 3 is 2.10 bits per heavy atom. The highest BCUT2D eigenvalue weighted by Crippen LogP contribution is 2.39. The van der Waals surface area contributed by atoms with Gasteiger partial charge in [0.2, 0.25) is 0 Å². The molecular weight excluding hydrogens is 278 g/mol. The van der Waals surface area contributed by atoms with Crippen LogP contribution in [-0.4, -0.2) is 90.2 Å². The molecule has 1 saturated carbocycles. The maximum atomic E-state index is 11.0. The van der Waals surface area contributed by atoms with Crippen molar-refractivity contribution >= 4 is 12.3 Å². The Bertz CT molecular complexity index is 404. The molecule has 0 aromatic heterocycles. The van der Waals surface area contributed by atoms with Gasteiger partial charge in [0, 0.05) is 0 Å². The van der Waals surface area contributed by atoms with E-state index in [1.807, 2.05) is 0 Å². The summed E-state index contributed by atoms with van der Waals surface area (Å²) in [4.78, 5) is 21.9. The van der Waals surface area contributed by atoms with Gasteiger partial charge in [-0.05, 0) is 0 Å². The highest BCUT2D eigenvalue weighted by atomic mass is 16.4. The molecule has 10 nitrogen and oxygen atoms in total. The van der Waals surface area contributed by atoms with Crippen molar-refractivity contribution in [2.45, 2.75) is 35.6 Å². The number of carbonyl (C=O) groups excluding carboxylic acids is 1. The molecule has 0 radical (unpaired) electrons. The molecule has 9 N–H and O–H groups in total. The van der Waals surface area contributed by atoms with Crippen LogP contribution in [0.25, 0.3) is 0 Å². The number of carbonyl (C=O) groups is 2. The molecule has 7 atom stereocenters.